The average molecular weight is 390 g/mol. The number of hydrogen-bond donors (Lipinski definition) is 0. The van der Waals surface area contributed by atoms with Crippen LogP contribution >= 0.6 is 0 Å². The summed E-state index contributed by atoms with van der Waals surface area (Å²) in [5.74, 6) is -0.201. The fourth-order valence-electron chi connectivity index (χ4n) is 3.95. The Kier molecular flexibility index (Phi) is 4.10. The lowest BCUT2D eigenvalue weighted by molar-refractivity contribution is -0.126. The summed E-state index contributed by atoms with van der Waals surface area (Å²) in [6.45, 7) is 0. The average Bonchev–Trinajstić information content (AvgIpc) is 3.47. The lowest BCUT2D eigenvalue weighted by Gasteiger charge is -2.27. The summed E-state index contributed by atoms with van der Waals surface area (Å²) >= 11 is 0. The van der Waals surface area contributed by atoms with Crippen LogP contribution in [0.4, 0.5) is 11.4 Å². The third-order valence-electron chi connectivity index (χ3n) is 5.29. The van der Waals surface area contributed by atoms with Gasteiger partial charge in [-0.25, -0.2) is 9.96 Å². The molecule has 3 heterocycles. The number of nitrogens with zero attached hydrogens (tertiary/aromatic N) is 2. The van der Waals surface area contributed by atoms with E-state index in [1.54, 1.807) is 54.8 Å². The molecule has 0 N–H and O–H groups in total. The summed E-state index contributed by atoms with van der Waals surface area (Å²) in [6, 6.07) is 19.2. The number of benzene rings is 2. The second-order valence-corrected chi connectivity index (χ2v) is 6.88. The number of furan rings is 1. The van der Waals surface area contributed by atoms with Crippen LogP contribution in [0.25, 0.3) is 0 Å². The molecule has 0 aliphatic carbocycles. The van der Waals surface area contributed by atoms with Crippen LogP contribution in [0, 0.1) is 5.92 Å². The van der Waals surface area contributed by atoms with Crippen molar-refractivity contribution in [2.24, 2.45) is 5.92 Å². The molecule has 2 aliphatic rings. The van der Waals surface area contributed by atoms with Gasteiger partial charge in [0.05, 0.1) is 24.7 Å². The van der Waals surface area contributed by atoms with Crippen LogP contribution < -0.4 is 14.7 Å². The second-order valence-electron chi connectivity index (χ2n) is 6.88. The van der Waals surface area contributed by atoms with Gasteiger partial charge in [-0.3, -0.25) is 14.4 Å². The second kappa shape index (κ2) is 6.79. The first-order valence-corrected chi connectivity index (χ1v) is 9.25. The molecule has 2 amide bonds. The molecule has 5 rings (SSSR count). The third-order valence-corrected chi connectivity index (χ3v) is 5.29. The molecule has 1 aromatic heterocycles. The number of ether oxygens (including phenoxy) is 1. The number of para-hydroxylation sites is 1. The number of methoxy groups -OCH3 is 1. The Morgan fingerprint density at radius 1 is 0.862 bits per heavy atom. The van der Waals surface area contributed by atoms with E-state index in [1.807, 2.05) is 30.3 Å². The lowest BCUT2D eigenvalue weighted by Crippen LogP contribution is -2.37. The molecule has 3 aromatic rings. The SMILES string of the molecule is COc1ccc(N2C(=O)[C@H]3[C@@H](ON(c4ccccc4)[C@H]3c3ccco3)C2=O)cc1. The molecule has 7 nitrogen and oxygen atoms in total. The molecule has 29 heavy (non-hydrogen) atoms. The van der Waals surface area contributed by atoms with E-state index in [2.05, 4.69) is 0 Å². The Morgan fingerprint density at radius 3 is 2.28 bits per heavy atom. The summed E-state index contributed by atoms with van der Waals surface area (Å²) < 4.78 is 10.8. The van der Waals surface area contributed by atoms with Gasteiger partial charge in [0.25, 0.3) is 5.91 Å². The van der Waals surface area contributed by atoms with Crippen molar-refractivity contribution in [2.45, 2.75) is 12.1 Å². The van der Waals surface area contributed by atoms with Gasteiger partial charge in [0.2, 0.25) is 5.91 Å². The smallest absolute Gasteiger partial charge is 0.266 e. The van der Waals surface area contributed by atoms with Crippen molar-refractivity contribution >= 4 is 23.2 Å². The van der Waals surface area contributed by atoms with Crippen LogP contribution in [0.1, 0.15) is 11.8 Å². The standard InChI is InChI=1S/C22H18N2O5/c1-27-16-11-9-14(10-12-16)23-21(25)18-19(17-8-5-13-28-17)24(29-20(18)22(23)26)15-6-3-2-4-7-15/h2-13,18-20H,1H3/t18-,19+,20-/m1/s1. The lowest BCUT2D eigenvalue weighted by atomic mass is 9.94. The molecule has 0 saturated carbocycles. The van der Waals surface area contributed by atoms with Crippen LogP contribution in [-0.2, 0) is 14.4 Å². The van der Waals surface area contributed by atoms with Crippen LogP contribution in [0.5, 0.6) is 5.75 Å². The van der Waals surface area contributed by atoms with E-state index in [1.165, 1.54) is 4.90 Å². The maximum absolute atomic E-state index is 13.4. The van der Waals surface area contributed by atoms with Crippen molar-refractivity contribution < 1.29 is 23.6 Å². The number of rotatable bonds is 4. The fraction of sp³-hybridized carbons (Fsp3) is 0.182. The molecule has 0 spiro atoms. The highest BCUT2D eigenvalue weighted by atomic mass is 16.7. The maximum atomic E-state index is 13.4. The number of fused-ring (bicyclic) bond motifs is 1. The molecule has 2 saturated heterocycles. The minimum atomic E-state index is -0.917. The minimum absolute atomic E-state index is 0.315. The zero-order valence-corrected chi connectivity index (χ0v) is 15.6. The van der Waals surface area contributed by atoms with Crippen molar-refractivity contribution in [1.29, 1.82) is 0 Å². The molecule has 0 bridgehead atoms. The number of carbonyl (C=O) groups is 2. The fourth-order valence-corrected chi connectivity index (χ4v) is 3.95. The molecule has 2 aromatic carbocycles. The van der Waals surface area contributed by atoms with E-state index in [-0.39, 0.29) is 11.8 Å². The summed E-state index contributed by atoms with van der Waals surface area (Å²) in [6.07, 6.45) is 0.633. The van der Waals surface area contributed by atoms with Crippen molar-refractivity contribution in [3.8, 4) is 5.75 Å². The third kappa shape index (κ3) is 2.70. The summed E-state index contributed by atoms with van der Waals surface area (Å²) in [4.78, 5) is 33.7. The first-order chi connectivity index (χ1) is 14.2. The van der Waals surface area contributed by atoms with Crippen LogP contribution in [0.15, 0.2) is 77.4 Å². The molecule has 0 unspecified atom stereocenters. The molecular weight excluding hydrogens is 372 g/mol. The van der Waals surface area contributed by atoms with Crippen LogP contribution in [0.3, 0.4) is 0 Å². The number of imide groups is 1. The zero-order valence-electron chi connectivity index (χ0n) is 15.6. The Morgan fingerprint density at radius 2 is 1.62 bits per heavy atom. The Labute approximate surface area is 167 Å². The highest BCUT2D eigenvalue weighted by molar-refractivity contribution is 6.23. The number of amides is 2. The zero-order chi connectivity index (χ0) is 20.0. The number of hydroxylamine groups is 1. The van der Waals surface area contributed by atoms with Crippen molar-refractivity contribution in [1.82, 2.24) is 0 Å². The highest BCUT2D eigenvalue weighted by Gasteiger charge is 2.61. The van der Waals surface area contributed by atoms with E-state index in [9.17, 15) is 9.59 Å². The summed E-state index contributed by atoms with van der Waals surface area (Å²) in [5, 5.41) is 1.61. The first-order valence-electron chi connectivity index (χ1n) is 9.25. The van der Waals surface area contributed by atoms with Gasteiger partial charge in [-0.1, -0.05) is 18.2 Å². The van der Waals surface area contributed by atoms with Gasteiger partial charge in [-0.2, -0.15) is 0 Å². The molecular formula is C22H18N2O5. The molecule has 146 valence electrons. The van der Waals surface area contributed by atoms with Gasteiger partial charge in [0, 0.05) is 0 Å². The molecule has 2 aliphatic heterocycles. The first kappa shape index (κ1) is 17.5. The number of hydrogen-bond acceptors (Lipinski definition) is 6. The number of carbonyl (C=O) groups excluding carboxylic acids is 2. The number of anilines is 2. The van der Waals surface area contributed by atoms with E-state index in [0.29, 0.717) is 17.2 Å². The van der Waals surface area contributed by atoms with Gasteiger partial charge in [-0.15, -0.1) is 0 Å². The minimum Gasteiger partial charge on any atom is -0.497 e. The van der Waals surface area contributed by atoms with E-state index >= 15 is 0 Å². The normalized spacial score (nSPS) is 23.6. The van der Waals surface area contributed by atoms with Gasteiger partial charge in [0.15, 0.2) is 6.10 Å². The van der Waals surface area contributed by atoms with E-state index in [4.69, 9.17) is 14.0 Å². The van der Waals surface area contributed by atoms with Gasteiger partial charge < -0.3 is 9.15 Å². The van der Waals surface area contributed by atoms with Crippen LogP contribution in [-0.4, -0.2) is 25.0 Å². The van der Waals surface area contributed by atoms with Crippen molar-refractivity contribution in [3.63, 3.8) is 0 Å². The molecule has 0 radical (unpaired) electrons. The van der Waals surface area contributed by atoms with E-state index < -0.39 is 18.1 Å². The van der Waals surface area contributed by atoms with Crippen LogP contribution in [0.2, 0.25) is 0 Å². The highest BCUT2D eigenvalue weighted by Crippen LogP contribution is 2.47. The maximum Gasteiger partial charge on any atom is 0.266 e. The molecule has 2 fully saturated rings. The predicted molar refractivity (Wildman–Crippen MR) is 104 cm³/mol. The Hall–Kier alpha value is -3.58. The topological polar surface area (TPSA) is 72.2 Å². The van der Waals surface area contributed by atoms with E-state index in [0.717, 1.165) is 5.69 Å². The Bertz CT molecular complexity index is 1030. The van der Waals surface area contributed by atoms with Crippen molar-refractivity contribution in [2.75, 3.05) is 17.1 Å². The van der Waals surface area contributed by atoms with Gasteiger partial charge in [-0.05, 0) is 48.5 Å². The summed E-state index contributed by atoms with van der Waals surface area (Å²) in [5.41, 5.74) is 1.24. The monoisotopic (exact) mass is 390 g/mol. The van der Waals surface area contributed by atoms with Gasteiger partial charge in [0.1, 0.15) is 23.5 Å². The van der Waals surface area contributed by atoms with Gasteiger partial charge >= 0.3 is 0 Å². The molecule has 3 atom stereocenters. The molecule has 7 heteroatoms. The predicted octanol–water partition coefficient (Wildman–Crippen LogP) is 3.34. The largest absolute Gasteiger partial charge is 0.497 e. The quantitative estimate of drug-likeness (QED) is 0.637. The Balaban J connectivity index is 1.54. The van der Waals surface area contributed by atoms with Crippen molar-refractivity contribution in [3.05, 3.63) is 78.8 Å². The summed E-state index contributed by atoms with van der Waals surface area (Å²) in [7, 11) is 1.56.